The van der Waals surface area contributed by atoms with E-state index in [0.29, 0.717) is 43.8 Å². The van der Waals surface area contributed by atoms with E-state index in [1.165, 1.54) is 43.2 Å². The number of hydrogen-bond acceptors (Lipinski definition) is 6. The molecule has 5 aromatic carbocycles. The van der Waals surface area contributed by atoms with Crippen LogP contribution >= 0.6 is 0 Å². The molecular weight excluding hydrogens is 600 g/mol. The lowest BCUT2D eigenvalue weighted by molar-refractivity contribution is 0.217. The van der Waals surface area contributed by atoms with Crippen molar-refractivity contribution in [2.24, 2.45) is 0 Å². The Morgan fingerprint density at radius 2 is 0.771 bits per heavy atom. The third-order valence-electron chi connectivity index (χ3n) is 9.34. The highest BCUT2D eigenvalue weighted by atomic mass is 16.5. The molecule has 1 aliphatic rings. The number of aromatic hydroxyl groups is 2. The first-order valence-corrected chi connectivity index (χ1v) is 16.9. The Bertz CT molecular complexity index is 1590. The first kappa shape index (κ1) is 32.8. The van der Waals surface area contributed by atoms with Crippen LogP contribution in [0.1, 0.15) is 67.2 Å². The Balaban J connectivity index is 1.15. The third kappa shape index (κ3) is 8.24. The van der Waals surface area contributed by atoms with Gasteiger partial charge in [0.05, 0.1) is 0 Å². The summed E-state index contributed by atoms with van der Waals surface area (Å²) >= 11 is 0. The average Bonchev–Trinajstić information content (AvgIpc) is 3.14. The fourth-order valence-electron chi connectivity index (χ4n) is 6.52. The van der Waals surface area contributed by atoms with Crippen LogP contribution in [0.2, 0.25) is 0 Å². The molecule has 1 saturated carbocycles. The molecule has 248 valence electrons. The summed E-state index contributed by atoms with van der Waals surface area (Å²) in [5.74, 6) is 4.02. The van der Waals surface area contributed by atoms with Crippen molar-refractivity contribution in [2.45, 2.75) is 50.4 Å². The van der Waals surface area contributed by atoms with Gasteiger partial charge in [-0.1, -0.05) is 67.8 Å². The topological polar surface area (TPSA) is 77.4 Å². The van der Waals surface area contributed by atoms with E-state index >= 15 is 0 Å². The highest BCUT2D eigenvalue weighted by Gasteiger charge is 2.31. The molecular formula is C42H44O6. The molecule has 2 N–H and O–H groups in total. The summed E-state index contributed by atoms with van der Waals surface area (Å²) in [6.07, 6.45) is 6.54. The fourth-order valence-corrected chi connectivity index (χ4v) is 6.52. The minimum absolute atomic E-state index is 0.211. The Morgan fingerprint density at radius 1 is 0.458 bits per heavy atom. The SMILES string of the molecule is CC(c1ccc(OCCOc2ccc(O)cc2)cc1)(c1ccc(OCCOc2ccc(O)cc2)cc1)c1ccc(C2CCCCC2)cc1. The van der Waals surface area contributed by atoms with E-state index in [1.807, 2.05) is 24.3 Å². The van der Waals surface area contributed by atoms with Crippen LogP contribution in [0, 0.1) is 0 Å². The van der Waals surface area contributed by atoms with E-state index in [0.717, 1.165) is 22.6 Å². The minimum Gasteiger partial charge on any atom is -0.508 e. The molecule has 0 atom stereocenters. The molecule has 0 bridgehead atoms. The maximum atomic E-state index is 9.46. The molecule has 6 nitrogen and oxygen atoms in total. The van der Waals surface area contributed by atoms with Crippen LogP contribution in [0.25, 0.3) is 0 Å². The molecule has 48 heavy (non-hydrogen) atoms. The van der Waals surface area contributed by atoms with E-state index in [9.17, 15) is 10.2 Å². The normalized spacial score (nSPS) is 13.5. The van der Waals surface area contributed by atoms with Crippen LogP contribution < -0.4 is 18.9 Å². The van der Waals surface area contributed by atoms with Gasteiger partial charge in [0.2, 0.25) is 0 Å². The number of rotatable bonds is 14. The van der Waals surface area contributed by atoms with Crippen LogP contribution in [0.4, 0.5) is 0 Å². The summed E-state index contributed by atoms with van der Waals surface area (Å²) in [7, 11) is 0. The predicted octanol–water partition coefficient (Wildman–Crippen LogP) is 9.42. The van der Waals surface area contributed by atoms with Gasteiger partial charge in [0.1, 0.15) is 60.9 Å². The zero-order valence-corrected chi connectivity index (χ0v) is 27.5. The van der Waals surface area contributed by atoms with Gasteiger partial charge in [0.25, 0.3) is 0 Å². The van der Waals surface area contributed by atoms with Gasteiger partial charge in [-0.15, -0.1) is 0 Å². The number of ether oxygens (including phenoxy) is 4. The van der Waals surface area contributed by atoms with Crippen molar-refractivity contribution in [3.8, 4) is 34.5 Å². The molecule has 1 aliphatic carbocycles. The van der Waals surface area contributed by atoms with Gasteiger partial charge in [-0.05, 0) is 121 Å². The summed E-state index contributed by atoms with van der Waals surface area (Å²) in [6, 6.07) is 39.3. The second kappa shape index (κ2) is 15.7. The number of phenolic OH excluding ortho intramolecular Hbond substituents is 2. The third-order valence-corrected chi connectivity index (χ3v) is 9.34. The van der Waals surface area contributed by atoms with Crippen molar-refractivity contribution >= 4 is 0 Å². The number of hydrogen-bond donors (Lipinski definition) is 2. The number of benzene rings is 5. The van der Waals surface area contributed by atoms with E-state index in [-0.39, 0.29) is 11.5 Å². The van der Waals surface area contributed by atoms with Gasteiger partial charge >= 0.3 is 0 Å². The van der Waals surface area contributed by atoms with Crippen LogP contribution in [-0.2, 0) is 5.41 Å². The highest BCUT2D eigenvalue weighted by molar-refractivity contribution is 5.52. The first-order chi connectivity index (χ1) is 23.5. The smallest absolute Gasteiger partial charge is 0.122 e. The molecule has 6 heteroatoms. The lowest BCUT2D eigenvalue weighted by Gasteiger charge is -2.33. The average molecular weight is 645 g/mol. The zero-order chi connectivity index (χ0) is 33.2. The largest absolute Gasteiger partial charge is 0.508 e. The summed E-state index contributed by atoms with van der Waals surface area (Å²) in [5.41, 5.74) is 4.59. The van der Waals surface area contributed by atoms with Crippen molar-refractivity contribution in [3.05, 3.63) is 144 Å². The van der Waals surface area contributed by atoms with E-state index in [1.54, 1.807) is 48.5 Å². The van der Waals surface area contributed by atoms with Gasteiger partial charge in [-0.3, -0.25) is 0 Å². The van der Waals surface area contributed by atoms with Crippen LogP contribution in [-0.4, -0.2) is 36.6 Å². The Morgan fingerprint density at radius 3 is 1.12 bits per heavy atom. The summed E-state index contributed by atoms with van der Waals surface area (Å²) < 4.78 is 23.5. The Hall–Kier alpha value is -5.10. The Kier molecular flexibility index (Phi) is 10.7. The van der Waals surface area contributed by atoms with Gasteiger partial charge in [-0.25, -0.2) is 0 Å². The quantitative estimate of drug-likeness (QED) is 0.0927. The molecule has 6 rings (SSSR count). The van der Waals surface area contributed by atoms with Crippen molar-refractivity contribution < 1.29 is 29.2 Å². The Labute approximate surface area is 283 Å². The van der Waals surface area contributed by atoms with Gasteiger partial charge in [0.15, 0.2) is 0 Å². The first-order valence-electron chi connectivity index (χ1n) is 16.9. The van der Waals surface area contributed by atoms with E-state index in [4.69, 9.17) is 18.9 Å². The molecule has 0 saturated heterocycles. The maximum Gasteiger partial charge on any atom is 0.122 e. The van der Waals surface area contributed by atoms with Crippen molar-refractivity contribution in [1.82, 2.24) is 0 Å². The molecule has 0 spiro atoms. The lowest BCUT2D eigenvalue weighted by Crippen LogP contribution is -2.25. The van der Waals surface area contributed by atoms with Gasteiger partial charge in [0, 0.05) is 5.41 Å². The molecule has 5 aromatic rings. The molecule has 0 radical (unpaired) electrons. The van der Waals surface area contributed by atoms with Crippen molar-refractivity contribution in [1.29, 1.82) is 0 Å². The highest BCUT2D eigenvalue weighted by Crippen LogP contribution is 2.41. The minimum atomic E-state index is -0.411. The monoisotopic (exact) mass is 644 g/mol. The zero-order valence-electron chi connectivity index (χ0n) is 27.5. The molecule has 0 heterocycles. The van der Waals surface area contributed by atoms with Crippen molar-refractivity contribution in [3.63, 3.8) is 0 Å². The fraction of sp³-hybridized carbons (Fsp3) is 0.286. The summed E-state index contributed by atoms with van der Waals surface area (Å²) in [4.78, 5) is 0. The summed E-state index contributed by atoms with van der Waals surface area (Å²) in [6.45, 7) is 3.89. The maximum absolute atomic E-state index is 9.46. The molecule has 0 aliphatic heterocycles. The van der Waals surface area contributed by atoms with Crippen LogP contribution in [0.15, 0.2) is 121 Å². The lowest BCUT2D eigenvalue weighted by atomic mass is 9.70. The van der Waals surface area contributed by atoms with Crippen molar-refractivity contribution in [2.75, 3.05) is 26.4 Å². The van der Waals surface area contributed by atoms with Crippen LogP contribution in [0.3, 0.4) is 0 Å². The number of phenols is 2. The predicted molar refractivity (Wildman–Crippen MR) is 189 cm³/mol. The molecule has 0 amide bonds. The van der Waals surface area contributed by atoms with Gasteiger partial charge < -0.3 is 29.2 Å². The molecule has 1 fully saturated rings. The van der Waals surface area contributed by atoms with E-state index in [2.05, 4.69) is 55.5 Å². The second-order valence-corrected chi connectivity index (χ2v) is 12.5. The molecule has 0 aromatic heterocycles. The van der Waals surface area contributed by atoms with Gasteiger partial charge in [-0.2, -0.15) is 0 Å². The molecule has 0 unspecified atom stereocenters. The standard InChI is InChI=1S/C42H44O6/c1-42(33-9-7-32(8-10-33)31-5-3-2-4-6-31,34-11-19-38(20-12-34)45-27-29-47-40-23-15-36(43)16-24-40)35-13-21-39(22-14-35)46-28-30-48-41-25-17-37(44)18-26-41/h7-26,31,43-44H,2-6,27-30H2,1H3. The van der Waals surface area contributed by atoms with Crippen LogP contribution in [0.5, 0.6) is 34.5 Å². The van der Waals surface area contributed by atoms with E-state index < -0.39 is 5.41 Å². The summed E-state index contributed by atoms with van der Waals surface area (Å²) in [5, 5.41) is 18.9. The second-order valence-electron chi connectivity index (χ2n) is 12.5.